The maximum Gasteiger partial charge on any atom is 0.0599 e. The molecule has 0 aliphatic heterocycles. The summed E-state index contributed by atoms with van der Waals surface area (Å²) >= 11 is 0. The molecule has 15 heavy (non-hydrogen) atoms. The van der Waals surface area contributed by atoms with Gasteiger partial charge in [-0.15, -0.1) is 0 Å². The Kier molecular flexibility index (Phi) is 4.75. The van der Waals surface area contributed by atoms with Crippen LogP contribution in [0.25, 0.3) is 0 Å². The number of likely N-dealkylation sites (N-methyl/N-ethyl adjacent to an activating group) is 1. The Morgan fingerprint density at radius 3 is 2.60 bits per heavy atom. The van der Waals surface area contributed by atoms with Crippen LogP contribution in [0.4, 0.5) is 0 Å². The molecule has 1 atom stereocenters. The minimum atomic E-state index is 0.0459. The monoisotopic (exact) mass is 208 g/mol. The molecule has 3 nitrogen and oxygen atoms in total. The molecule has 1 aromatic carbocycles. The van der Waals surface area contributed by atoms with Crippen molar-refractivity contribution in [2.75, 3.05) is 20.2 Å². The van der Waals surface area contributed by atoms with Crippen LogP contribution >= 0.6 is 0 Å². The molecule has 0 saturated carbocycles. The number of aliphatic hydroxyl groups excluding tert-OH is 1. The number of nitrogens with zero attached hydrogens (tertiary/aromatic N) is 1. The highest BCUT2D eigenvalue weighted by Crippen LogP contribution is 2.10. The Balaban J connectivity index is 2.65. The van der Waals surface area contributed by atoms with Gasteiger partial charge in [-0.2, -0.15) is 0 Å². The predicted octanol–water partition coefficient (Wildman–Crippen LogP) is 0.746. The van der Waals surface area contributed by atoms with Crippen molar-refractivity contribution in [2.24, 2.45) is 5.73 Å². The first kappa shape index (κ1) is 12.2. The first-order valence-corrected chi connectivity index (χ1v) is 5.24. The van der Waals surface area contributed by atoms with Gasteiger partial charge in [-0.1, -0.05) is 24.3 Å². The van der Waals surface area contributed by atoms with Gasteiger partial charge in [-0.05, 0) is 25.1 Å². The van der Waals surface area contributed by atoms with Crippen LogP contribution in [0.3, 0.4) is 0 Å². The van der Waals surface area contributed by atoms with E-state index in [0.717, 1.165) is 6.54 Å². The molecule has 3 heteroatoms. The quantitative estimate of drug-likeness (QED) is 0.750. The van der Waals surface area contributed by atoms with E-state index in [0.29, 0.717) is 6.54 Å². The zero-order valence-corrected chi connectivity index (χ0v) is 9.48. The summed E-state index contributed by atoms with van der Waals surface area (Å²) in [4.78, 5) is 2.09. The van der Waals surface area contributed by atoms with Crippen molar-refractivity contribution >= 4 is 0 Å². The minimum absolute atomic E-state index is 0.0459. The van der Waals surface area contributed by atoms with Crippen LogP contribution in [0, 0.1) is 6.92 Å². The molecule has 0 bridgehead atoms. The molecule has 0 radical (unpaired) electrons. The van der Waals surface area contributed by atoms with E-state index in [1.54, 1.807) is 0 Å². The van der Waals surface area contributed by atoms with Gasteiger partial charge in [0.2, 0.25) is 0 Å². The molecule has 1 unspecified atom stereocenters. The number of nitrogens with two attached hydrogens (primary N) is 1. The smallest absolute Gasteiger partial charge is 0.0599 e. The van der Waals surface area contributed by atoms with E-state index in [1.165, 1.54) is 11.1 Å². The zero-order valence-electron chi connectivity index (χ0n) is 9.48. The molecule has 0 saturated heterocycles. The average Bonchev–Trinajstić information content (AvgIpc) is 2.23. The highest BCUT2D eigenvalue weighted by Gasteiger charge is 2.12. The van der Waals surface area contributed by atoms with Gasteiger partial charge in [0.15, 0.2) is 0 Å². The number of aliphatic hydroxyl groups is 1. The summed E-state index contributed by atoms with van der Waals surface area (Å²) in [5.74, 6) is 0. The number of hydrogen-bond donors (Lipinski definition) is 2. The molecule has 1 aromatic rings. The summed E-state index contributed by atoms with van der Waals surface area (Å²) in [5, 5.41) is 9.12. The predicted molar refractivity (Wildman–Crippen MR) is 62.6 cm³/mol. The lowest BCUT2D eigenvalue weighted by Crippen LogP contribution is -2.40. The summed E-state index contributed by atoms with van der Waals surface area (Å²) in [6.45, 7) is 3.52. The Hall–Kier alpha value is -0.900. The Bertz CT molecular complexity index is 297. The highest BCUT2D eigenvalue weighted by molar-refractivity contribution is 5.25. The topological polar surface area (TPSA) is 49.5 Å². The van der Waals surface area contributed by atoms with Crippen molar-refractivity contribution in [2.45, 2.75) is 19.5 Å². The van der Waals surface area contributed by atoms with Crippen LogP contribution in [-0.4, -0.2) is 36.2 Å². The molecule has 0 aromatic heterocycles. The second kappa shape index (κ2) is 5.85. The summed E-state index contributed by atoms with van der Waals surface area (Å²) in [5.41, 5.74) is 8.13. The molecule has 0 aliphatic rings. The van der Waals surface area contributed by atoms with E-state index in [-0.39, 0.29) is 12.6 Å². The van der Waals surface area contributed by atoms with E-state index < -0.39 is 0 Å². The fourth-order valence-electron chi connectivity index (χ4n) is 1.58. The van der Waals surface area contributed by atoms with E-state index >= 15 is 0 Å². The Morgan fingerprint density at radius 2 is 2.07 bits per heavy atom. The normalized spacial score (nSPS) is 13.1. The summed E-state index contributed by atoms with van der Waals surface area (Å²) in [7, 11) is 1.99. The van der Waals surface area contributed by atoms with Gasteiger partial charge in [0.05, 0.1) is 6.61 Å². The molecule has 1 rings (SSSR count). The summed E-state index contributed by atoms with van der Waals surface area (Å²) in [6, 6.07) is 8.32. The molecule has 0 heterocycles. The average molecular weight is 208 g/mol. The first-order valence-electron chi connectivity index (χ1n) is 5.24. The van der Waals surface area contributed by atoms with Crippen molar-refractivity contribution in [3.8, 4) is 0 Å². The number of rotatable bonds is 5. The number of aryl methyl sites for hydroxylation is 1. The molecular formula is C12H20N2O. The summed E-state index contributed by atoms with van der Waals surface area (Å²) < 4.78 is 0. The standard InChI is InChI=1S/C12H20N2O/c1-10-5-3-4-6-11(10)8-14(2)12(7-13)9-15/h3-6,12,15H,7-9,13H2,1-2H3. The molecule has 0 aliphatic carbocycles. The maximum absolute atomic E-state index is 9.12. The van der Waals surface area contributed by atoms with Gasteiger partial charge in [0.25, 0.3) is 0 Å². The fraction of sp³-hybridized carbons (Fsp3) is 0.500. The van der Waals surface area contributed by atoms with Crippen molar-refractivity contribution < 1.29 is 5.11 Å². The Morgan fingerprint density at radius 1 is 1.40 bits per heavy atom. The molecule has 0 fully saturated rings. The van der Waals surface area contributed by atoms with Gasteiger partial charge in [0, 0.05) is 19.1 Å². The van der Waals surface area contributed by atoms with Crippen molar-refractivity contribution in [3.63, 3.8) is 0 Å². The third kappa shape index (κ3) is 3.30. The van der Waals surface area contributed by atoms with Crippen LogP contribution in [0.1, 0.15) is 11.1 Å². The van der Waals surface area contributed by atoms with Crippen molar-refractivity contribution in [3.05, 3.63) is 35.4 Å². The molecular weight excluding hydrogens is 188 g/mol. The molecule has 84 valence electrons. The van der Waals surface area contributed by atoms with E-state index in [4.69, 9.17) is 10.8 Å². The zero-order chi connectivity index (χ0) is 11.3. The van der Waals surface area contributed by atoms with Crippen LogP contribution in [-0.2, 0) is 6.54 Å². The SMILES string of the molecule is Cc1ccccc1CN(C)C(CN)CO. The van der Waals surface area contributed by atoms with Crippen LogP contribution in [0.2, 0.25) is 0 Å². The lowest BCUT2D eigenvalue weighted by atomic mass is 10.1. The third-order valence-corrected chi connectivity index (χ3v) is 2.79. The lowest BCUT2D eigenvalue weighted by molar-refractivity contribution is 0.146. The van der Waals surface area contributed by atoms with E-state index in [2.05, 4.69) is 24.0 Å². The van der Waals surface area contributed by atoms with Gasteiger partial charge in [-0.3, -0.25) is 4.90 Å². The highest BCUT2D eigenvalue weighted by atomic mass is 16.3. The molecule has 3 N–H and O–H groups in total. The van der Waals surface area contributed by atoms with Gasteiger partial charge >= 0.3 is 0 Å². The molecule has 0 amide bonds. The van der Waals surface area contributed by atoms with Gasteiger partial charge < -0.3 is 10.8 Å². The van der Waals surface area contributed by atoms with E-state index in [1.807, 2.05) is 19.2 Å². The van der Waals surface area contributed by atoms with Crippen LogP contribution in [0.5, 0.6) is 0 Å². The van der Waals surface area contributed by atoms with Crippen LogP contribution in [0.15, 0.2) is 24.3 Å². The first-order chi connectivity index (χ1) is 7.19. The maximum atomic E-state index is 9.12. The second-order valence-electron chi connectivity index (χ2n) is 3.91. The third-order valence-electron chi connectivity index (χ3n) is 2.79. The van der Waals surface area contributed by atoms with Crippen molar-refractivity contribution in [1.82, 2.24) is 4.90 Å². The van der Waals surface area contributed by atoms with Crippen molar-refractivity contribution in [1.29, 1.82) is 0 Å². The Labute approximate surface area is 91.5 Å². The second-order valence-corrected chi connectivity index (χ2v) is 3.91. The van der Waals surface area contributed by atoms with Crippen LogP contribution < -0.4 is 5.73 Å². The number of hydrogen-bond acceptors (Lipinski definition) is 3. The largest absolute Gasteiger partial charge is 0.395 e. The van der Waals surface area contributed by atoms with Gasteiger partial charge in [-0.25, -0.2) is 0 Å². The van der Waals surface area contributed by atoms with Gasteiger partial charge in [0.1, 0.15) is 0 Å². The number of benzene rings is 1. The molecule has 0 spiro atoms. The summed E-state index contributed by atoms with van der Waals surface area (Å²) in [6.07, 6.45) is 0. The minimum Gasteiger partial charge on any atom is -0.395 e. The lowest BCUT2D eigenvalue weighted by Gasteiger charge is -2.25. The van der Waals surface area contributed by atoms with E-state index in [9.17, 15) is 0 Å². The fourth-order valence-corrected chi connectivity index (χ4v) is 1.58.